The Hall–Kier alpha value is -2.89. The fourth-order valence-corrected chi connectivity index (χ4v) is 2.09. The minimum atomic E-state index is -0.108. The molecule has 1 amide bonds. The molecular weight excluding hydrogens is 266 g/mol. The van der Waals surface area contributed by atoms with Gasteiger partial charge in [-0.15, -0.1) is 0 Å². The van der Waals surface area contributed by atoms with E-state index in [1.165, 1.54) is 0 Å². The molecule has 0 aliphatic carbocycles. The molecule has 0 aliphatic rings. The summed E-state index contributed by atoms with van der Waals surface area (Å²) in [5.41, 5.74) is 1.76. The molecule has 3 aromatic rings. The molecule has 0 spiro atoms. The van der Waals surface area contributed by atoms with E-state index in [2.05, 4.69) is 15.4 Å². The number of nitrogens with zero attached hydrogens (tertiary/aromatic N) is 4. The van der Waals surface area contributed by atoms with E-state index in [1.54, 1.807) is 29.3 Å². The first-order valence-corrected chi connectivity index (χ1v) is 6.57. The number of rotatable bonds is 4. The molecule has 106 valence electrons. The van der Waals surface area contributed by atoms with Gasteiger partial charge in [0.1, 0.15) is 12.4 Å². The van der Waals surface area contributed by atoms with E-state index in [9.17, 15) is 4.79 Å². The number of amides is 1. The maximum Gasteiger partial charge on any atom is 0.246 e. The Morgan fingerprint density at radius 1 is 1.19 bits per heavy atom. The van der Waals surface area contributed by atoms with Crippen LogP contribution in [0.1, 0.15) is 0 Å². The summed E-state index contributed by atoms with van der Waals surface area (Å²) in [6.45, 7) is 0.202. The summed E-state index contributed by atoms with van der Waals surface area (Å²) in [4.78, 5) is 16.1. The minimum absolute atomic E-state index is 0.108. The minimum Gasteiger partial charge on any atom is -0.334 e. The summed E-state index contributed by atoms with van der Waals surface area (Å²) in [7, 11) is 1.95. The van der Waals surface area contributed by atoms with Crippen LogP contribution < -0.4 is 5.32 Å². The summed E-state index contributed by atoms with van der Waals surface area (Å²) in [5.74, 6) is 0.785. The van der Waals surface area contributed by atoms with Gasteiger partial charge in [-0.25, -0.2) is 4.98 Å². The van der Waals surface area contributed by atoms with Crippen molar-refractivity contribution in [2.24, 2.45) is 7.05 Å². The number of hydrogen-bond acceptors (Lipinski definition) is 3. The first-order valence-electron chi connectivity index (χ1n) is 6.57. The summed E-state index contributed by atoms with van der Waals surface area (Å²) in [6, 6.07) is 9.39. The zero-order chi connectivity index (χ0) is 14.7. The van der Waals surface area contributed by atoms with Crippen LogP contribution in [0.4, 0.5) is 5.69 Å². The molecule has 6 nitrogen and oxygen atoms in total. The number of imidazole rings is 1. The standard InChI is InChI=1S/C15H15N5O/c1-19-10-8-16-15(19)12-3-5-13(6-4-12)18-14(21)11-20-9-2-7-17-20/h2-10H,11H2,1H3,(H,18,21). The largest absolute Gasteiger partial charge is 0.334 e. The van der Waals surface area contributed by atoms with Crippen LogP contribution in [-0.2, 0) is 18.4 Å². The lowest BCUT2D eigenvalue weighted by atomic mass is 10.2. The van der Waals surface area contributed by atoms with E-state index < -0.39 is 0 Å². The van der Waals surface area contributed by atoms with E-state index in [0.717, 1.165) is 17.1 Å². The average molecular weight is 281 g/mol. The second-order valence-corrected chi connectivity index (χ2v) is 4.69. The topological polar surface area (TPSA) is 64.7 Å². The van der Waals surface area contributed by atoms with Crippen LogP contribution in [0.25, 0.3) is 11.4 Å². The summed E-state index contributed by atoms with van der Waals surface area (Å²) < 4.78 is 3.53. The van der Waals surface area contributed by atoms with Gasteiger partial charge in [0.15, 0.2) is 0 Å². The number of benzene rings is 1. The summed E-state index contributed by atoms with van der Waals surface area (Å²) in [5, 5.41) is 6.84. The third-order valence-corrected chi connectivity index (χ3v) is 3.11. The molecule has 1 N–H and O–H groups in total. The summed E-state index contributed by atoms with van der Waals surface area (Å²) >= 11 is 0. The Bertz CT molecular complexity index is 728. The van der Waals surface area contributed by atoms with Crippen molar-refractivity contribution >= 4 is 11.6 Å². The monoisotopic (exact) mass is 281 g/mol. The molecule has 3 rings (SSSR count). The van der Waals surface area contributed by atoms with Gasteiger partial charge in [0, 0.05) is 43.1 Å². The number of aryl methyl sites for hydroxylation is 1. The fraction of sp³-hybridized carbons (Fsp3) is 0.133. The van der Waals surface area contributed by atoms with Crippen molar-refractivity contribution in [1.29, 1.82) is 0 Å². The Morgan fingerprint density at radius 3 is 2.62 bits per heavy atom. The van der Waals surface area contributed by atoms with Crippen molar-refractivity contribution < 1.29 is 4.79 Å². The van der Waals surface area contributed by atoms with Crippen molar-refractivity contribution in [2.75, 3.05) is 5.32 Å². The predicted octanol–water partition coefficient (Wildman–Crippen LogP) is 1.92. The molecule has 0 bridgehead atoms. The second kappa shape index (κ2) is 5.62. The summed E-state index contributed by atoms with van der Waals surface area (Å²) in [6.07, 6.45) is 7.06. The highest BCUT2D eigenvalue weighted by atomic mass is 16.2. The van der Waals surface area contributed by atoms with E-state index >= 15 is 0 Å². The van der Waals surface area contributed by atoms with Crippen LogP contribution in [0.15, 0.2) is 55.1 Å². The maximum atomic E-state index is 11.9. The van der Waals surface area contributed by atoms with Gasteiger partial charge < -0.3 is 9.88 Å². The number of carbonyl (C=O) groups excluding carboxylic acids is 1. The third kappa shape index (κ3) is 3.00. The average Bonchev–Trinajstić information content (AvgIpc) is 3.11. The van der Waals surface area contributed by atoms with E-state index in [0.29, 0.717) is 0 Å². The van der Waals surface area contributed by atoms with Crippen molar-refractivity contribution in [3.63, 3.8) is 0 Å². The van der Waals surface area contributed by atoms with Crippen LogP contribution in [-0.4, -0.2) is 25.2 Å². The zero-order valence-corrected chi connectivity index (χ0v) is 11.6. The lowest BCUT2D eigenvalue weighted by Crippen LogP contribution is -2.18. The van der Waals surface area contributed by atoms with E-state index in [4.69, 9.17) is 0 Å². The van der Waals surface area contributed by atoms with Gasteiger partial charge in [-0.05, 0) is 30.3 Å². The molecule has 0 radical (unpaired) electrons. The highest BCUT2D eigenvalue weighted by Crippen LogP contribution is 2.19. The molecule has 1 aromatic carbocycles. The molecule has 21 heavy (non-hydrogen) atoms. The van der Waals surface area contributed by atoms with Crippen molar-refractivity contribution in [1.82, 2.24) is 19.3 Å². The molecule has 0 aliphatic heterocycles. The highest BCUT2D eigenvalue weighted by molar-refractivity contribution is 5.90. The molecular formula is C15H15N5O. The second-order valence-electron chi connectivity index (χ2n) is 4.69. The van der Waals surface area contributed by atoms with Crippen LogP contribution in [0.5, 0.6) is 0 Å². The van der Waals surface area contributed by atoms with Crippen LogP contribution in [0.2, 0.25) is 0 Å². The molecule has 0 unspecified atom stereocenters. The Morgan fingerprint density at radius 2 is 2.00 bits per heavy atom. The van der Waals surface area contributed by atoms with Crippen molar-refractivity contribution in [3.05, 3.63) is 55.1 Å². The van der Waals surface area contributed by atoms with Crippen molar-refractivity contribution in [2.45, 2.75) is 6.54 Å². The Kier molecular flexibility index (Phi) is 3.51. The molecule has 0 atom stereocenters. The lowest BCUT2D eigenvalue weighted by Gasteiger charge is -2.07. The van der Waals surface area contributed by atoms with Gasteiger partial charge in [0.05, 0.1) is 0 Å². The SMILES string of the molecule is Cn1ccnc1-c1ccc(NC(=O)Cn2cccn2)cc1. The molecule has 0 fully saturated rings. The van der Waals surface area contributed by atoms with Gasteiger partial charge in [-0.2, -0.15) is 5.10 Å². The number of hydrogen-bond donors (Lipinski definition) is 1. The van der Waals surface area contributed by atoms with Gasteiger partial charge in [-0.1, -0.05) is 0 Å². The highest BCUT2D eigenvalue weighted by Gasteiger charge is 2.06. The first-order chi connectivity index (χ1) is 10.2. The number of nitrogens with one attached hydrogen (secondary N) is 1. The molecule has 0 saturated carbocycles. The number of aromatic nitrogens is 4. The normalized spacial score (nSPS) is 10.5. The van der Waals surface area contributed by atoms with Gasteiger partial charge in [0.2, 0.25) is 5.91 Å². The van der Waals surface area contributed by atoms with Gasteiger partial charge in [0.25, 0.3) is 0 Å². The fourth-order valence-electron chi connectivity index (χ4n) is 2.09. The molecule has 2 heterocycles. The quantitative estimate of drug-likeness (QED) is 0.794. The molecule has 6 heteroatoms. The zero-order valence-electron chi connectivity index (χ0n) is 11.6. The smallest absolute Gasteiger partial charge is 0.246 e. The van der Waals surface area contributed by atoms with Gasteiger partial charge >= 0.3 is 0 Å². The van der Waals surface area contributed by atoms with Gasteiger partial charge in [-0.3, -0.25) is 9.48 Å². The van der Waals surface area contributed by atoms with Crippen LogP contribution >= 0.6 is 0 Å². The molecule has 2 aromatic heterocycles. The van der Waals surface area contributed by atoms with E-state index in [-0.39, 0.29) is 12.5 Å². The van der Waals surface area contributed by atoms with E-state index in [1.807, 2.05) is 42.1 Å². The van der Waals surface area contributed by atoms with Crippen molar-refractivity contribution in [3.8, 4) is 11.4 Å². The number of carbonyl (C=O) groups is 1. The first kappa shape index (κ1) is 13.1. The van der Waals surface area contributed by atoms with Crippen LogP contribution in [0, 0.1) is 0 Å². The third-order valence-electron chi connectivity index (χ3n) is 3.11. The predicted molar refractivity (Wildman–Crippen MR) is 79.5 cm³/mol. The van der Waals surface area contributed by atoms with Crippen LogP contribution in [0.3, 0.4) is 0 Å². The Balaban J connectivity index is 1.67. The molecule has 0 saturated heterocycles. The maximum absolute atomic E-state index is 11.9. The number of anilines is 1. The lowest BCUT2D eigenvalue weighted by molar-refractivity contribution is -0.116. The Labute approximate surface area is 122 Å².